The summed E-state index contributed by atoms with van der Waals surface area (Å²) < 4.78 is 0. The molecule has 0 aliphatic carbocycles. The lowest BCUT2D eigenvalue weighted by molar-refractivity contribution is -0.137. The summed E-state index contributed by atoms with van der Waals surface area (Å²) in [5, 5.41) is 26.8. The summed E-state index contributed by atoms with van der Waals surface area (Å²) in [6, 6.07) is 14.9. The molecule has 0 radical (unpaired) electrons. The lowest BCUT2D eigenvalue weighted by atomic mass is 9.86. The van der Waals surface area contributed by atoms with Crippen molar-refractivity contribution in [3.63, 3.8) is 0 Å². The van der Waals surface area contributed by atoms with Gasteiger partial charge in [-0.2, -0.15) is 0 Å². The van der Waals surface area contributed by atoms with Crippen molar-refractivity contribution in [1.82, 2.24) is 0 Å². The molecule has 0 heterocycles. The van der Waals surface area contributed by atoms with Crippen molar-refractivity contribution in [3.8, 4) is 11.5 Å². The first-order valence-electron chi connectivity index (χ1n) is 10.1. The van der Waals surface area contributed by atoms with Crippen LogP contribution in [-0.4, -0.2) is 21.3 Å². The molecule has 0 saturated carbocycles. The number of hydrogen-bond acceptors (Lipinski definition) is 3. The molecule has 2 aromatic carbocycles. The lowest BCUT2D eigenvalue weighted by Gasteiger charge is -2.19. The number of aromatic hydroxyl groups is 2. The topological polar surface area (TPSA) is 77.8 Å². The number of rotatable bonds is 2. The van der Waals surface area contributed by atoms with Crippen molar-refractivity contribution in [2.75, 3.05) is 0 Å². The molecular formula is C26H40O4. The Balaban J connectivity index is 0. The molecule has 4 nitrogen and oxygen atoms in total. The third-order valence-electron chi connectivity index (χ3n) is 3.89. The van der Waals surface area contributed by atoms with Gasteiger partial charge in [-0.3, -0.25) is 4.79 Å². The SMILES string of the molecule is C=C.CC(C)(C)c1ccccc1O.CC(C)(C)c1ccccc1O.CCCC(=O)O. The van der Waals surface area contributed by atoms with Crippen LogP contribution < -0.4 is 0 Å². The van der Waals surface area contributed by atoms with Gasteiger partial charge < -0.3 is 15.3 Å². The number of carboxylic acids is 1. The summed E-state index contributed by atoms with van der Waals surface area (Å²) >= 11 is 0. The third kappa shape index (κ3) is 12.7. The van der Waals surface area contributed by atoms with E-state index in [1.807, 2.05) is 43.3 Å². The third-order valence-corrected chi connectivity index (χ3v) is 3.89. The molecule has 3 N–H and O–H groups in total. The second-order valence-corrected chi connectivity index (χ2v) is 8.68. The number of para-hydroxylation sites is 2. The van der Waals surface area contributed by atoms with Crippen LogP contribution in [0.1, 0.15) is 72.4 Å². The maximum Gasteiger partial charge on any atom is 0.303 e. The van der Waals surface area contributed by atoms with Gasteiger partial charge in [0.15, 0.2) is 0 Å². The molecule has 0 spiro atoms. The molecule has 2 rings (SSSR count). The van der Waals surface area contributed by atoms with E-state index in [1.54, 1.807) is 12.1 Å². The van der Waals surface area contributed by atoms with Crippen molar-refractivity contribution in [1.29, 1.82) is 0 Å². The Bertz CT molecular complexity index is 682. The molecule has 168 valence electrons. The first-order valence-corrected chi connectivity index (χ1v) is 10.1. The van der Waals surface area contributed by atoms with Crippen LogP contribution >= 0.6 is 0 Å². The maximum absolute atomic E-state index is 9.60. The minimum atomic E-state index is -0.711. The zero-order valence-corrected chi connectivity index (χ0v) is 19.7. The van der Waals surface area contributed by atoms with Crippen LogP contribution in [0, 0.1) is 0 Å². The molecule has 30 heavy (non-hydrogen) atoms. The second-order valence-electron chi connectivity index (χ2n) is 8.68. The largest absolute Gasteiger partial charge is 0.508 e. The molecule has 0 amide bonds. The average molecular weight is 417 g/mol. The van der Waals surface area contributed by atoms with Gasteiger partial charge in [0.1, 0.15) is 11.5 Å². The summed E-state index contributed by atoms with van der Waals surface area (Å²) in [7, 11) is 0. The zero-order chi connectivity index (χ0) is 24.0. The molecule has 0 unspecified atom stereocenters. The Kier molecular flexibility index (Phi) is 14.0. The van der Waals surface area contributed by atoms with Crippen LogP contribution in [0.25, 0.3) is 0 Å². The van der Waals surface area contributed by atoms with Gasteiger partial charge in [-0.25, -0.2) is 0 Å². The van der Waals surface area contributed by atoms with Gasteiger partial charge >= 0.3 is 5.97 Å². The number of phenolic OH excluding ortho intramolecular Hbond substituents is 2. The van der Waals surface area contributed by atoms with E-state index in [0.29, 0.717) is 17.9 Å². The quantitative estimate of drug-likeness (QED) is 0.458. The van der Waals surface area contributed by atoms with E-state index in [2.05, 4.69) is 54.7 Å². The fourth-order valence-electron chi connectivity index (χ4n) is 2.43. The minimum absolute atomic E-state index is 0.0331. The summed E-state index contributed by atoms with van der Waals surface area (Å²) in [5.41, 5.74) is 2.07. The lowest BCUT2D eigenvalue weighted by Crippen LogP contribution is -2.10. The number of benzene rings is 2. The van der Waals surface area contributed by atoms with Crippen molar-refractivity contribution in [2.24, 2.45) is 0 Å². The standard InChI is InChI=1S/2C10H14O.C4H8O2.C2H4/c2*1-10(2,3)8-6-4-5-7-9(8)11;1-2-3-4(5)6;1-2/h2*4-7,11H,1-3H3;2-3H2,1H3,(H,5,6);1-2H2. The minimum Gasteiger partial charge on any atom is -0.508 e. The first kappa shape index (κ1) is 29.5. The number of aliphatic carboxylic acids is 1. The fourth-order valence-corrected chi connectivity index (χ4v) is 2.43. The molecule has 0 atom stereocenters. The van der Waals surface area contributed by atoms with E-state index in [-0.39, 0.29) is 10.8 Å². The van der Waals surface area contributed by atoms with Crippen LogP contribution in [-0.2, 0) is 15.6 Å². The number of phenols is 2. The summed E-state index contributed by atoms with van der Waals surface area (Å²) in [6.45, 7) is 20.4. The molecule has 0 fully saturated rings. The van der Waals surface area contributed by atoms with Gasteiger partial charge in [0.05, 0.1) is 0 Å². The van der Waals surface area contributed by atoms with E-state index in [0.717, 1.165) is 17.5 Å². The monoisotopic (exact) mass is 416 g/mol. The average Bonchev–Trinajstić information content (AvgIpc) is 2.63. The predicted molar refractivity (Wildman–Crippen MR) is 127 cm³/mol. The highest BCUT2D eigenvalue weighted by molar-refractivity contribution is 5.66. The normalized spacial score (nSPS) is 10.2. The molecule has 0 saturated heterocycles. The predicted octanol–water partition coefficient (Wildman–Crippen LogP) is 7.05. The Morgan fingerprint density at radius 3 is 1.20 bits per heavy atom. The van der Waals surface area contributed by atoms with E-state index >= 15 is 0 Å². The van der Waals surface area contributed by atoms with Crippen molar-refractivity contribution >= 4 is 5.97 Å². The van der Waals surface area contributed by atoms with E-state index in [1.165, 1.54) is 0 Å². The molecule has 0 aliphatic rings. The van der Waals surface area contributed by atoms with Gasteiger partial charge in [-0.1, -0.05) is 84.9 Å². The highest BCUT2D eigenvalue weighted by atomic mass is 16.4. The van der Waals surface area contributed by atoms with Gasteiger partial charge in [0, 0.05) is 6.42 Å². The highest BCUT2D eigenvalue weighted by Crippen LogP contribution is 2.30. The summed E-state index contributed by atoms with van der Waals surface area (Å²) in [5.74, 6) is 0.0671. The molecular weight excluding hydrogens is 376 g/mol. The van der Waals surface area contributed by atoms with Crippen molar-refractivity contribution in [3.05, 3.63) is 72.8 Å². The van der Waals surface area contributed by atoms with Crippen LogP contribution in [0.2, 0.25) is 0 Å². The van der Waals surface area contributed by atoms with Crippen LogP contribution in [0.15, 0.2) is 61.7 Å². The number of hydrogen-bond donors (Lipinski definition) is 3. The van der Waals surface area contributed by atoms with Gasteiger partial charge in [-0.05, 0) is 40.5 Å². The Hall–Kier alpha value is -2.75. The molecule has 4 heteroatoms. The second kappa shape index (κ2) is 14.3. The molecule has 2 aromatic rings. The zero-order valence-electron chi connectivity index (χ0n) is 19.7. The van der Waals surface area contributed by atoms with Crippen molar-refractivity contribution in [2.45, 2.75) is 72.1 Å². The van der Waals surface area contributed by atoms with Crippen LogP contribution in [0.5, 0.6) is 11.5 Å². The van der Waals surface area contributed by atoms with E-state index in [9.17, 15) is 15.0 Å². The molecule has 0 aromatic heterocycles. The fraction of sp³-hybridized carbons (Fsp3) is 0.423. The van der Waals surface area contributed by atoms with Crippen molar-refractivity contribution < 1.29 is 20.1 Å². The Morgan fingerprint density at radius 1 is 0.767 bits per heavy atom. The molecule has 0 bridgehead atoms. The number of carbonyl (C=O) groups is 1. The highest BCUT2D eigenvalue weighted by Gasteiger charge is 2.17. The van der Waals surface area contributed by atoms with Crippen LogP contribution in [0.4, 0.5) is 0 Å². The Morgan fingerprint density at radius 2 is 1.07 bits per heavy atom. The summed E-state index contributed by atoms with van der Waals surface area (Å²) in [6.07, 6.45) is 1.02. The molecule has 0 aliphatic heterocycles. The Labute approximate surface area is 182 Å². The first-order chi connectivity index (χ1) is 13.8. The smallest absolute Gasteiger partial charge is 0.303 e. The van der Waals surface area contributed by atoms with E-state index < -0.39 is 5.97 Å². The summed E-state index contributed by atoms with van der Waals surface area (Å²) in [4.78, 5) is 9.60. The van der Waals surface area contributed by atoms with Gasteiger partial charge in [0.2, 0.25) is 0 Å². The number of carboxylic acid groups (broad SMARTS) is 1. The van der Waals surface area contributed by atoms with Crippen LogP contribution in [0.3, 0.4) is 0 Å². The van der Waals surface area contributed by atoms with Gasteiger partial charge in [-0.15, -0.1) is 13.2 Å². The maximum atomic E-state index is 9.60. The van der Waals surface area contributed by atoms with Gasteiger partial charge in [0.25, 0.3) is 0 Å². The van der Waals surface area contributed by atoms with E-state index in [4.69, 9.17) is 5.11 Å².